The van der Waals surface area contributed by atoms with Gasteiger partial charge in [-0.3, -0.25) is 0 Å². The second-order valence-electron chi connectivity index (χ2n) is 2.62. The summed E-state index contributed by atoms with van der Waals surface area (Å²) in [5.74, 6) is 2.65. The van der Waals surface area contributed by atoms with E-state index >= 15 is 0 Å². The molecule has 0 saturated carbocycles. The van der Waals surface area contributed by atoms with E-state index < -0.39 is 0 Å². The Morgan fingerprint density at radius 2 is 2.20 bits per heavy atom. The Bertz CT molecular complexity index is 153. The van der Waals surface area contributed by atoms with Gasteiger partial charge in [0.05, 0.1) is 6.04 Å². The van der Waals surface area contributed by atoms with Crippen LogP contribution in [0, 0.1) is 23.7 Å². The molecule has 2 nitrogen and oxygen atoms in total. The first-order valence-electron chi connectivity index (χ1n) is 3.37. The summed E-state index contributed by atoms with van der Waals surface area (Å²) in [5, 5.41) is 7.43. The standard InChI is InChI=1S/C8H14N2/c1-4-5-7(9)8(10)6(2)3/h1,6-7,10H,5,9H2,2-3H3. The smallest absolute Gasteiger partial charge is 0.0536 e. The minimum atomic E-state index is -0.245. The summed E-state index contributed by atoms with van der Waals surface area (Å²) in [6.45, 7) is 3.89. The van der Waals surface area contributed by atoms with Gasteiger partial charge in [0, 0.05) is 12.1 Å². The first kappa shape index (κ1) is 9.19. The number of hydrogen-bond donors (Lipinski definition) is 2. The van der Waals surface area contributed by atoms with Crippen molar-refractivity contribution in [3.8, 4) is 12.3 Å². The second kappa shape index (κ2) is 4.08. The fourth-order valence-electron chi connectivity index (χ4n) is 0.665. The zero-order chi connectivity index (χ0) is 8.15. The summed E-state index contributed by atoms with van der Waals surface area (Å²) in [5.41, 5.74) is 6.10. The summed E-state index contributed by atoms with van der Waals surface area (Å²) < 4.78 is 0. The van der Waals surface area contributed by atoms with Crippen LogP contribution in [0.1, 0.15) is 20.3 Å². The van der Waals surface area contributed by atoms with Crippen molar-refractivity contribution in [2.24, 2.45) is 11.7 Å². The van der Waals surface area contributed by atoms with Gasteiger partial charge < -0.3 is 11.1 Å². The van der Waals surface area contributed by atoms with Gasteiger partial charge in [-0.1, -0.05) is 13.8 Å². The highest BCUT2D eigenvalue weighted by Gasteiger charge is 2.10. The average molecular weight is 138 g/mol. The Kier molecular flexibility index (Phi) is 3.75. The van der Waals surface area contributed by atoms with Gasteiger partial charge in [-0.15, -0.1) is 12.3 Å². The van der Waals surface area contributed by atoms with E-state index in [4.69, 9.17) is 17.6 Å². The highest BCUT2D eigenvalue weighted by Crippen LogP contribution is 2.00. The Balaban J connectivity index is 3.85. The quantitative estimate of drug-likeness (QED) is 0.444. The molecule has 1 unspecified atom stereocenters. The third-order valence-electron chi connectivity index (χ3n) is 1.36. The molecule has 2 heteroatoms. The lowest BCUT2D eigenvalue weighted by Crippen LogP contribution is -2.32. The minimum absolute atomic E-state index is 0.211. The van der Waals surface area contributed by atoms with Gasteiger partial charge in [0.1, 0.15) is 0 Å². The molecule has 0 aromatic carbocycles. The Hall–Kier alpha value is -0.810. The molecule has 3 N–H and O–H groups in total. The van der Waals surface area contributed by atoms with Gasteiger partial charge in [-0.05, 0) is 5.92 Å². The van der Waals surface area contributed by atoms with Crippen molar-refractivity contribution in [2.75, 3.05) is 0 Å². The normalized spacial score (nSPS) is 12.7. The molecule has 0 amide bonds. The second-order valence-corrected chi connectivity index (χ2v) is 2.62. The Morgan fingerprint density at radius 1 is 1.70 bits per heavy atom. The van der Waals surface area contributed by atoms with Crippen molar-refractivity contribution < 1.29 is 0 Å². The first-order valence-corrected chi connectivity index (χ1v) is 3.37. The lowest BCUT2D eigenvalue weighted by Gasteiger charge is -2.12. The predicted molar refractivity (Wildman–Crippen MR) is 44.0 cm³/mol. The molecule has 0 heterocycles. The monoisotopic (exact) mass is 138 g/mol. The molecule has 0 radical (unpaired) electrons. The van der Waals surface area contributed by atoms with Crippen LogP contribution in [-0.2, 0) is 0 Å². The Morgan fingerprint density at radius 3 is 2.50 bits per heavy atom. The molecule has 1 atom stereocenters. The van der Waals surface area contributed by atoms with Crippen LogP contribution < -0.4 is 5.73 Å². The third-order valence-corrected chi connectivity index (χ3v) is 1.36. The van der Waals surface area contributed by atoms with Crippen LogP contribution in [0.3, 0.4) is 0 Å². The largest absolute Gasteiger partial charge is 0.322 e. The third kappa shape index (κ3) is 2.65. The van der Waals surface area contributed by atoms with E-state index in [1.807, 2.05) is 13.8 Å². The summed E-state index contributed by atoms with van der Waals surface area (Å²) in [4.78, 5) is 0. The van der Waals surface area contributed by atoms with Gasteiger partial charge in [0.15, 0.2) is 0 Å². The van der Waals surface area contributed by atoms with Gasteiger partial charge >= 0.3 is 0 Å². The maximum absolute atomic E-state index is 7.43. The Labute approximate surface area is 62.3 Å². The van der Waals surface area contributed by atoms with Crippen LogP contribution in [0.15, 0.2) is 0 Å². The van der Waals surface area contributed by atoms with E-state index in [0.717, 1.165) is 0 Å². The van der Waals surface area contributed by atoms with Crippen molar-refractivity contribution in [2.45, 2.75) is 26.3 Å². The van der Waals surface area contributed by atoms with Crippen LogP contribution >= 0.6 is 0 Å². The number of hydrogen-bond acceptors (Lipinski definition) is 2. The molecule has 0 aromatic heterocycles. The van der Waals surface area contributed by atoms with Crippen molar-refractivity contribution >= 4 is 5.71 Å². The molecule has 10 heavy (non-hydrogen) atoms. The van der Waals surface area contributed by atoms with Crippen LogP contribution in [0.5, 0.6) is 0 Å². The molecule has 0 aromatic rings. The minimum Gasteiger partial charge on any atom is -0.322 e. The van der Waals surface area contributed by atoms with Crippen molar-refractivity contribution in [1.29, 1.82) is 5.41 Å². The van der Waals surface area contributed by atoms with E-state index in [1.165, 1.54) is 0 Å². The van der Waals surface area contributed by atoms with Gasteiger partial charge in [0.25, 0.3) is 0 Å². The van der Waals surface area contributed by atoms with Crippen LogP contribution in [0.25, 0.3) is 0 Å². The molecule has 0 bridgehead atoms. The highest BCUT2D eigenvalue weighted by atomic mass is 14.7. The molecule has 0 fully saturated rings. The molecule has 0 spiro atoms. The number of rotatable bonds is 3. The van der Waals surface area contributed by atoms with Crippen LogP contribution in [-0.4, -0.2) is 11.8 Å². The number of terminal acetylenes is 1. The molecule has 0 aliphatic rings. The predicted octanol–water partition coefficient (Wildman–Crippen LogP) is 1.01. The molecule has 0 rings (SSSR count). The molecule has 0 aliphatic heterocycles. The van der Waals surface area contributed by atoms with Gasteiger partial charge in [-0.2, -0.15) is 0 Å². The molecule has 56 valence electrons. The van der Waals surface area contributed by atoms with Crippen molar-refractivity contribution in [3.05, 3.63) is 0 Å². The van der Waals surface area contributed by atoms with E-state index in [1.54, 1.807) is 0 Å². The van der Waals surface area contributed by atoms with Crippen molar-refractivity contribution in [1.82, 2.24) is 0 Å². The zero-order valence-electron chi connectivity index (χ0n) is 6.52. The highest BCUT2D eigenvalue weighted by molar-refractivity contribution is 5.88. The lowest BCUT2D eigenvalue weighted by atomic mass is 10.00. The van der Waals surface area contributed by atoms with Crippen LogP contribution in [0.4, 0.5) is 0 Å². The van der Waals surface area contributed by atoms with E-state index in [9.17, 15) is 0 Å². The first-order chi connectivity index (χ1) is 4.59. The molecular formula is C8H14N2. The van der Waals surface area contributed by atoms with E-state index in [0.29, 0.717) is 12.1 Å². The maximum Gasteiger partial charge on any atom is 0.0536 e. The van der Waals surface area contributed by atoms with Crippen molar-refractivity contribution in [3.63, 3.8) is 0 Å². The molecule has 0 saturated heterocycles. The summed E-state index contributed by atoms with van der Waals surface area (Å²) >= 11 is 0. The van der Waals surface area contributed by atoms with Gasteiger partial charge in [0.2, 0.25) is 0 Å². The SMILES string of the molecule is C#CCC(N)C(=N)C(C)C. The summed E-state index contributed by atoms with van der Waals surface area (Å²) in [6.07, 6.45) is 5.51. The molecular weight excluding hydrogens is 124 g/mol. The number of nitrogens with one attached hydrogen (secondary N) is 1. The molecule has 0 aliphatic carbocycles. The summed E-state index contributed by atoms with van der Waals surface area (Å²) in [7, 11) is 0. The average Bonchev–Trinajstić information content (AvgIpc) is 1.87. The number of nitrogens with two attached hydrogens (primary N) is 1. The fraction of sp³-hybridized carbons (Fsp3) is 0.625. The van der Waals surface area contributed by atoms with Crippen LogP contribution in [0.2, 0.25) is 0 Å². The zero-order valence-corrected chi connectivity index (χ0v) is 6.52. The summed E-state index contributed by atoms with van der Waals surface area (Å²) in [6, 6.07) is -0.245. The van der Waals surface area contributed by atoms with E-state index in [-0.39, 0.29) is 12.0 Å². The fourth-order valence-corrected chi connectivity index (χ4v) is 0.665. The lowest BCUT2D eigenvalue weighted by molar-refractivity contribution is 0.773. The maximum atomic E-state index is 7.43. The van der Waals surface area contributed by atoms with Gasteiger partial charge in [-0.25, -0.2) is 0 Å². The topological polar surface area (TPSA) is 49.9 Å². The van der Waals surface area contributed by atoms with E-state index in [2.05, 4.69) is 5.92 Å².